The third-order valence-corrected chi connectivity index (χ3v) is 14.8. The molecule has 11 aromatic carbocycles. The Morgan fingerprint density at radius 2 is 0.817 bits per heavy atom. The zero-order valence-corrected chi connectivity index (χ0v) is 38.7. The molecule has 1 aliphatic rings. The molecule has 0 fully saturated rings. The zero-order chi connectivity index (χ0) is 46.9. The molecule has 0 bridgehead atoms. The van der Waals surface area contributed by atoms with Crippen molar-refractivity contribution in [3.63, 3.8) is 0 Å². The number of oxazole rings is 1. The number of fused-ring (bicyclic) bond motifs is 7. The lowest BCUT2D eigenvalue weighted by molar-refractivity contribution is 0.620. The van der Waals surface area contributed by atoms with Crippen LogP contribution in [0.4, 0.5) is 0 Å². The van der Waals surface area contributed by atoms with Crippen molar-refractivity contribution in [2.24, 2.45) is 0 Å². The summed E-state index contributed by atoms with van der Waals surface area (Å²) in [5.41, 5.74) is 22.8. The molecule has 0 amide bonds. The summed E-state index contributed by atoms with van der Waals surface area (Å²) in [6, 6.07) is 97.0. The number of hydrogen-bond acceptors (Lipinski definition) is 2. The van der Waals surface area contributed by atoms with E-state index >= 15 is 0 Å². The molecule has 0 spiro atoms. The normalized spacial score (nSPS) is 12.6. The monoisotopic (exact) mass is 904 g/mol. The van der Waals surface area contributed by atoms with Crippen LogP contribution in [-0.4, -0.2) is 9.55 Å². The van der Waals surface area contributed by atoms with Gasteiger partial charge >= 0.3 is 0 Å². The SMILES string of the molecule is c1ccc(C2(c3ccccc3)c3ccccc3-c3ccc(-c4ccc5c(c4)c4ccccc4n5-c4ccc(-c5ccccc5-c5ccccc5-c5ccc(-c6nc7ccccc7o6)cc5)cc4)cc32)cc1. The standard InChI is InChI=1S/C68H44N2O/c1-3-17-50(18-4-1)68(51-19-5-2-6-20-51)61-27-13-11-25-57(61)58-41-37-49(44-62(58)68)48-38-42-65-60(43-48)59-26-12-15-29-64(59)70(65)52-39-35-46(36-40-52)54-22-8-10-24-56(54)55-23-9-7-21-53(55)45-31-33-47(34-32-45)67-69-63-28-14-16-30-66(63)71-67/h1-44H. The highest BCUT2D eigenvalue weighted by atomic mass is 16.3. The maximum Gasteiger partial charge on any atom is 0.227 e. The van der Waals surface area contributed by atoms with E-state index in [1.165, 1.54) is 88.6 Å². The van der Waals surface area contributed by atoms with Crippen LogP contribution >= 0.6 is 0 Å². The van der Waals surface area contributed by atoms with Crippen molar-refractivity contribution in [3.8, 4) is 72.8 Å². The first-order chi connectivity index (χ1) is 35.2. The van der Waals surface area contributed by atoms with E-state index in [2.05, 4.69) is 247 Å². The minimum Gasteiger partial charge on any atom is -0.436 e. The summed E-state index contributed by atoms with van der Waals surface area (Å²) in [5.74, 6) is 0.627. The van der Waals surface area contributed by atoms with Crippen LogP contribution in [-0.2, 0) is 5.41 Å². The van der Waals surface area contributed by atoms with E-state index in [1.54, 1.807) is 0 Å². The molecule has 13 aromatic rings. The molecule has 71 heavy (non-hydrogen) atoms. The molecule has 0 unspecified atom stereocenters. The zero-order valence-electron chi connectivity index (χ0n) is 38.7. The Balaban J connectivity index is 0.830. The first kappa shape index (κ1) is 40.7. The van der Waals surface area contributed by atoms with Gasteiger partial charge in [-0.1, -0.05) is 206 Å². The van der Waals surface area contributed by atoms with E-state index in [0.29, 0.717) is 5.89 Å². The molecular weight excluding hydrogens is 861 g/mol. The van der Waals surface area contributed by atoms with Gasteiger partial charge in [0.25, 0.3) is 0 Å². The van der Waals surface area contributed by atoms with E-state index in [0.717, 1.165) is 33.5 Å². The molecule has 0 radical (unpaired) electrons. The predicted octanol–water partition coefficient (Wildman–Crippen LogP) is 17.6. The van der Waals surface area contributed by atoms with Gasteiger partial charge in [0.15, 0.2) is 5.58 Å². The summed E-state index contributed by atoms with van der Waals surface area (Å²) in [6.45, 7) is 0. The lowest BCUT2D eigenvalue weighted by atomic mass is 9.67. The number of para-hydroxylation sites is 3. The third kappa shape index (κ3) is 6.47. The smallest absolute Gasteiger partial charge is 0.227 e. The van der Waals surface area contributed by atoms with E-state index in [4.69, 9.17) is 9.40 Å². The van der Waals surface area contributed by atoms with Gasteiger partial charge in [0.05, 0.1) is 16.4 Å². The van der Waals surface area contributed by atoms with Gasteiger partial charge in [-0.2, -0.15) is 0 Å². The Morgan fingerprint density at radius 3 is 1.51 bits per heavy atom. The van der Waals surface area contributed by atoms with Crippen molar-refractivity contribution in [2.45, 2.75) is 5.41 Å². The second kappa shape index (κ2) is 16.4. The molecule has 0 aliphatic heterocycles. The highest BCUT2D eigenvalue weighted by Crippen LogP contribution is 2.57. The minimum absolute atomic E-state index is 0.456. The molecule has 332 valence electrons. The molecule has 0 N–H and O–H groups in total. The molecule has 0 saturated heterocycles. The van der Waals surface area contributed by atoms with Gasteiger partial charge in [0.1, 0.15) is 5.52 Å². The summed E-state index contributed by atoms with van der Waals surface area (Å²) in [4.78, 5) is 4.73. The van der Waals surface area contributed by atoms with Crippen molar-refractivity contribution in [1.82, 2.24) is 9.55 Å². The lowest BCUT2D eigenvalue weighted by Gasteiger charge is -2.34. The van der Waals surface area contributed by atoms with Crippen LogP contribution in [0.2, 0.25) is 0 Å². The molecule has 1 aliphatic carbocycles. The number of benzene rings is 11. The van der Waals surface area contributed by atoms with Gasteiger partial charge in [-0.05, 0) is 139 Å². The lowest BCUT2D eigenvalue weighted by Crippen LogP contribution is -2.28. The van der Waals surface area contributed by atoms with Crippen molar-refractivity contribution < 1.29 is 4.42 Å². The van der Waals surface area contributed by atoms with Gasteiger partial charge in [-0.15, -0.1) is 0 Å². The molecule has 0 atom stereocenters. The fourth-order valence-electron chi connectivity index (χ4n) is 11.6. The highest BCUT2D eigenvalue weighted by molar-refractivity contribution is 6.10. The maximum atomic E-state index is 6.09. The van der Waals surface area contributed by atoms with Crippen molar-refractivity contribution in [3.05, 3.63) is 289 Å². The fraction of sp³-hybridized carbons (Fsp3) is 0.0147. The van der Waals surface area contributed by atoms with Crippen LogP contribution in [0.5, 0.6) is 0 Å². The van der Waals surface area contributed by atoms with Crippen molar-refractivity contribution in [2.75, 3.05) is 0 Å². The average molecular weight is 905 g/mol. The minimum atomic E-state index is -0.456. The highest BCUT2D eigenvalue weighted by Gasteiger charge is 2.46. The van der Waals surface area contributed by atoms with Gasteiger partial charge in [0, 0.05) is 22.0 Å². The van der Waals surface area contributed by atoms with E-state index in [1.807, 2.05) is 24.3 Å². The summed E-state index contributed by atoms with van der Waals surface area (Å²) < 4.78 is 8.51. The van der Waals surface area contributed by atoms with E-state index in [9.17, 15) is 0 Å². The first-order valence-corrected chi connectivity index (χ1v) is 24.4. The Morgan fingerprint density at radius 1 is 0.324 bits per heavy atom. The largest absolute Gasteiger partial charge is 0.436 e. The van der Waals surface area contributed by atoms with Crippen molar-refractivity contribution in [1.29, 1.82) is 0 Å². The van der Waals surface area contributed by atoms with Crippen LogP contribution in [0.1, 0.15) is 22.3 Å². The van der Waals surface area contributed by atoms with E-state index < -0.39 is 5.41 Å². The van der Waals surface area contributed by atoms with Crippen molar-refractivity contribution >= 4 is 32.9 Å². The molecule has 3 heteroatoms. The summed E-state index contributed by atoms with van der Waals surface area (Å²) in [5, 5.41) is 2.46. The predicted molar refractivity (Wildman–Crippen MR) is 293 cm³/mol. The second-order valence-corrected chi connectivity index (χ2v) is 18.6. The van der Waals surface area contributed by atoms with Crippen LogP contribution in [0.25, 0.3) is 106 Å². The number of hydrogen-bond donors (Lipinski definition) is 0. The summed E-state index contributed by atoms with van der Waals surface area (Å²) >= 11 is 0. The number of nitrogens with zero attached hydrogens (tertiary/aromatic N) is 2. The molecule has 2 heterocycles. The Bertz CT molecular complexity index is 4070. The fourth-order valence-corrected chi connectivity index (χ4v) is 11.6. The van der Waals surface area contributed by atoms with Crippen LogP contribution < -0.4 is 0 Å². The van der Waals surface area contributed by atoms with Gasteiger partial charge in [-0.3, -0.25) is 0 Å². The van der Waals surface area contributed by atoms with E-state index in [-0.39, 0.29) is 0 Å². The molecule has 2 aromatic heterocycles. The topological polar surface area (TPSA) is 31.0 Å². The van der Waals surface area contributed by atoms with Crippen LogP contribution in [0.3, 0.4) is 0 Å². The molecule has 14 rings (SSSR count). The third-order valence-electron chi connectivity index (χ3n) is 14.8. The number of rotatable bonds is 8. The molecule has 3 nitrogen and oxygen atoms in total. The van der Waals surface area contributed by atoms with Crippen LogP contribution in [0.15, 0.2) is 271 Å². The van der Waals surface area contributed by atoms with Crippen LogP contribution in [0, 0.1) is 0 Å². The van der Waals surface area contributed by atoms with Gasteiger partial charge in [0.2, 0.25) is 5.89 Å². The Hall–Kier alpha value is -9.31. The molecule has 0 saturated carbocycles. The Kier molecular flexibility index (Phi) is 9.43. The average Bonchev–Trinajstić information content (AvgIpc) is 4.13. The second-order valence-electron chi connectivity index (χ2n) is 18.6. The van der Waals surface area contributed by atoms with Gasteiger partial charge in [-0.25, -0.2) is 4.98 Å². The Labute approximate surface area is 412 Å². The summed E-state index contributed by atoms with van der Waals surface area (Å²) in [6.07, 6.45) is 0. The number of aromatic nitrogens is 2. The molecular formula is C68H44N2O. The van der Waals surface area contributed by atoms with Gasteiger partial charge < -0.3 is 8.98 Å². The quantitative estimate of drug-likeness (QED) is 0.152. The first-order valence-electron chi connectivity index (χ1n) is 24.4. The summed E-state index contributed by atoms with van der Waals surface area (Å²) in [7, 11) is 0. The maximum absolute atomic E-state index is 6.09.